The summed E-state index contributed by atoms with van der Waals surface area (Å²) in [6.07, 6.45) is 0. The molecule has 0 aliphatic carbocycles. The predicted octanol–water partition coefficient (Wildman–Crippen LogP) is -0.220. The molecule has 0 aliphatic heterocycles. The van der Waals surface area contributed by atoms with Crippen molar-refractivity contribution in [1.29, 1.82) is 0 Å². The zero-order valence-electron chi connectivity index (χ0n) is 7.81. The summed E-state index contributed by atoms with van der Waals surface area (Å²) in [7, 11) is 0. The number of thiazole rings is 1. The lowest BCUT2D eigenvalue weighted by atomic mass is 10.4. The second-order valence-electron chi connectivity index (χ2n) is 2.58. The summed E-state index contributed by atoms with van der Waals surface area (Å²) in [5.74, 6) is -1.72. The molecule has 82 valence electrons. The number of carboxylic acid groups (broad SMARTS) is 1. The molecule has 0 aliphatic rings. The fraction of sp³-hybridized carbons (Fsp3) is 0.286. The van der Waals surface area contributed by atoms with Crippen molar-refractivity contribution in [3.63, 3.8) is 0 Å². The number of nitrogens with two attached hydrogens (primary N) is 1. The Kier molecular flexibility index (Phi) is 3.58. The third-order valence-corrected chi connectivity index (χ3v) is 2.37. The second-order valence-corrected chi connectivity index (χ2v) is 3.61. The number of nitrogen functional groups attached to an aromatic ring is 1. The molecule has 1 heterocycles. The van der Waals surface area contributed by atoms with Crippen LogP contribution in [0.3, 0.4) is 0 Å². The predicted molar refractivity (Wildman–Crippen MR) is 52.3 cm³/mol. The van der Waals surface area contributed by atoms with Crippen LogP contribution < -0.4 is 11.2 Å². The van der Waals surface area contributed by atoms with Crippen LogP contribution in [-0.4, -0.2) is 28.6 Å². The van der Waals surface area contributed by atoms with E-state index in [1.165, 1.54) is 0 Å². The average Bonchev–Trinajstić information content (AvgIpc) is 2.44. The number of rotatable bonds is 4. The van der Waals surface area contributed by atoms with Crippen LogP contribution in [0.2, 0.25) is 0 Å². The first-order valence-corrected chi connectivity index (χ1v) is 4.69. The van der Waals surface area contributed by atoms with E-state index in [1.54, 1.807) is 6.92 Å². The molecule has 0 aromatic carbocycles. The van der Waals surface area contributed by atoms with E-state index in [0.29, 0.717) is 10.6 Å². The van der Waals surface area contributed by atoms with Gasteiger partial charge in [0.1, 0.15) is 4.88 Å². The van der Waals surface area contributed by atoms with Crippen molar-refractivity contribution < 1.29 is 19.5 Å². The molecule has 0 unspecified atom stereocenters. The number of amides is 1. The van der Waals surface area contributed by atoms with Crippen molar-refractivity contribution in [3.05, 3.63) is 10.6 Å². The summed E-state index contributed by atoms with van der Waals surface area (Å²) in [5.41, 5.74) is 7.85. The Morgan fingerprint density at radius 1 is 1.67 bits per heavy atom. The van der Waals surface area contributed by atoms with Crippen LogP contribution in [0.15, 0.2) is 0 Å². The van der Waals surface area contributed by atoms with Gasteiger partial charge < -0.3 is 10.8 Å². The number of hydrogen-bond acceptors (Lipinski definition) is 6. The van der Waals surface area contributed by atoms with Crippen LogP contribution in [0, 0.1) is 6.92 Å². The van der Waals surface area contributed by atoms with Gasteiger partial charge in [-0.25, -0.2) is 15.3 Å². The molecule has 4 N–H and O–H groups in total. The van der Waals surface area contributed by atoms with Crippen molar-refractivity contribution in [2.75, 3.05) is 12.3 Å². The van der Waals surface area contributed by atoms with Crippen LogP contribution in [0.5, 0.6) is 0 Å². The highest BCUT2D eigenvalue weighted by molar-refractivity contribution is 7.17. The number of anilines is 1. The third kappa shape index (κ3) is 3.18. The van der Waals surface area contributed by atoms with E-state index >= 15 is 0 Å². The zero-order chi connectivity index (χ0) is 11.4. The van der Waals surface area contributed by atoms with E-state index in [-0.39, 0.29) is 5.13 Å². The minimum Gasteiger partial charge on any atom is -0.479 e. The number of nitrogens with zero attached hydrogens (tertiary/aromatic N) is 1. The molecule has 1 aromatic rings. The average molecular weight is 231 g/mol. The van der Waals surface area contributed by atoms with Crippen molar-refractivity contribution >= 4 is 28.3 Å². The largest absolute Gasteiger partial charge is 0.479 e. The fourth-order valence-electron chi connectivity index (χ4n) is 0.838. The molecule has 0 bridgehead atoms. The maximum absolute atomic E-state index is 11.3. The highest BCUT2D eigenvalue weighted by Gasteiger charge is 2.14. The number of aliphatic carboxylic acids is 1. The highest BCUT2D eigenvalue weighted by Crippen LogP contribution is 2.18. The number of hydroxylamine groups is 1. The first-order valence-electron chi connectivity index (χ1n) is 3.87. The molecule has 15 heavy (non-hydrogen) atoms. The lowest BCUT2D eigenvalue weighted by molar-refractivity contribution is -0.144. The standard InChI is InChI=1S/C7H9N3O4S/c1-3-5(15-7(8)9-3)6(13)10-14-2-4(11)12/h2H2,1H3,(H2,8,9)(H,10,13)(H,11,12). The van der Waals surface area contributed by atoms with Crippen molar-refractivity contribution in [2.45, 2.75) is 6.92 Å². The van der Waals surface area contributed by atoms with Gasteiger partial charge in [-0.2, -0.15) is 0 Å². The number of aryl methyl sites for hydroxylation is 1. The van der Waals surface area contributed by atoms with Crippen LogP contribution in [0.4, 0.5) is 5.13 Å². The molecule has 0 saturated carbocycles. The fourth-order valence-corrected chi connectivity index (χ4v) is 1.56. The summed E-state index contributed by atoms with van der Waals surface area (Å²) in [6.45, 7) is 1.03. The van der Waals surface area contributed by atoms with Gasteiger partial charge in [-0.3, -0.25) is 9.63 Å². The number of carbonyl (C=O) groups is 2. The van der Waals surface area contributed by atoms with E-state index in [1.807, 2.05) is 5.48 Å². The van der Waals surface area contributed by atoms with E-state index in [0.717, 1.165) is 11.3 Å². The number of nitrogens with one attached hydrogen (secondary N) is 1. The minimum absolute atomic E-state index is 0.274. The molecule has 0 saturated heterocycles. The summed E-state index contributed by atoms with van der Waals surface area (Å²) in [5, 5.41) is 8.52. The van der Waals surface area contributed by atoms with Gasteiger partial charge >= 0.3 is 5.97 Å². The lowest BCUT2D eigenvalue weighted by Crippen LogP contribution is -2.26. The molecule has 1 rings (SSSR count). The molecule has 8 heteroatoms. The molecule has 0 atom stereocenters. The summed E-state index contributed by atoms with van der Waals surface area (Å²) in [6, 6.07) is 0. The van der Waals surface area contributed by atoms with Crippen LogP contribution in [0.25, 0.3) is 0 Å². The Morgan fingerprint density at radius 2 is 2.33 bits per heavy atom. The van der Waals surface area contributed by atoms with E-state index < -0.39 is 18.5 Å². The Balaban J connectivity index is 2.54. The van der Waals surface area contributed by atoms with Gasteiger partial charge in [0.25, 0.3) is 5.91 Å². The number of aromatic nitrogens is 1. The Hall–Kier alpha value is -1.67. The van der Waals surface area contributed by atoms with Gasteiger partial charge in [-0.05, 0) is 6.92 Å². The van der Waals surface area contributed by atoms with Crippen molar-refractivity contribution in [1.82, 2.24) is 10.5 Å². The van der Waals surface area contributed by atoms with E-state index in [9.17, 15) is 9.59 Å². The first-order chi connectivity index (χ1) is 7.00. The molecule has 7 nitrogen and oxygen atoms in total. The van der Waals surface area contributed by atoms with Crippen LogP contribution in [-0.2, 0) is 9.63 Å². The SMILES string of the molecule is Cc1nc(N)sc1C(=O)NOCC(=O)O. The lowest BCUT2D eigenvalue weighted by Gasteiger charge is -2.01. The van der Waals surface area contributed by atoms with Gasteiger partial charge in [0.15, 0.2) is 11.7 Å². The quantitative estimate of drug-likeness (QED) is 0.617. The van der Waals surface area contributed by atoms with Crippen molar-refractivity contribution in [3.8, 4) is 0 Å². The Bertz CT molecular complexity index is 390. The molecule has 0 fully saturated rings. The Labute approximate surface area is 88.8 Å². The normalized spacial score (nSPS) is 9.93. The Morgan fingerprint density at radius 3 is 2.80 bits per heavy atom. The highest BCUT2D eigenvalue weighted by atomic mass is 32.1. The van der Waals surface area contributed by atoms with Gasteiger partial charge in [-0.15, -0.1) is 0 Å². The van der Waals surface area contributed by atoms with Crippen LogP contribution in [0.1, 0.15) is 15.4 Å². The third-order valence-electron chi connectivity index (χ3n) is 1.38. The summed E-state index contributed by atoms with van der Waals surface area (Å²) < 4.78 is 0. The topological polar surface area (TPSA) is 115 Å². The molecule has 0 radical (unpaired) electrons. The zero-order valence-corrected chi connectivity index (χ0v) is 8.63. The first kappa shape index (κ1) is 11.4. The summed E-state index contributed by atoms with van der Waals surface area (Å²) >= 11 is 1.01. The van der Waals surface area contributed by atoms with Gasteiger partial charge in [0.05, 0.1) is 5.69 Å². The molecule has 1 aromatic heterocycles. The molecular weight excluding hydrogens is 222 g/mol. The van der Waals surface area contributed by atoms with E-state index in [4.69, 9.17) is 10.8 Å². The maximum atomic E-state index is 11.3. The van der Waals surface area contributed by atoms with Gasteiger partial charge in [0, 0.05) is 0 Å². The number of carbonyl (C=O) groups excluding carboxylic acids is 1. The smallest absolute Gasteiger partial charge is 0.332 e. The molecule has 1 amide bonds. The second kappa shape index (κ2) is 4.71. The number of hydrogen-bond donors (Lipinski definition) is 3. The minimum atomic E-state index is -1.17. The maximum Gasteiger partial charge on any atom is 0.332 e. The monoisotopic (exact) mass is 231 g/mol. The summed E-state index contributed by atoms with van der Waals surface area (Å²) in [4.78, 5) is 30.0. The van der Waals surface area contributed by atoms with E-state index in [2.05, 4.69) is 9.82 Å². The van der Waals surface area contributed by atoms with Crippen LogP contribution >= 0.6 is 11.3 Å². The molecule has 0 spiro atoms. The van der Waals surface area contributed by atoms with Gasteiger partial charge in [0.2, 0.25) is 0 Å². The number of carboxylic acids is 1. The van der Waals surface area contributed by atoms with Gasteiger partial charge in [-0.1, -0.05) is 11.3 Å². The molecular formula is C7H9N3O4S. The van der Waals surface area contributed by atoms with Crippen molar-refractivity contribution in [2.24, 2.45) is 0 Å².